The molecule has 0 radical (unpaired) electrons. The predicted molar refractivity (Wildman–Crippen MR) is 57.3 cm³/mol. The van der Waals surface area contributed by atoms with Crippen molar-refractivity contribution in [3.8, 4) is 0 Å². The molecule has 0 unspecified atom stereocenters. The van der Waals surface area contributed by atoms with Gasteiger partial charge >= 0.3 is 0 Å². The van der Waals surface area contributed by atoms with Gasteiger partial charge in [-0.05, 0) is 26.4 Å². The minimum Gasteiger partial charge on any atom is -0.373 e. The summed E-state index contributed by atoms with van der Waals surface area (Å²) in [6.07, 6.45) is 3.71. The molecule has 0 saturated carbocycles. The molecule has 0 aliphatic carbocycles. The maximum Gasteiger partial charge on any atom is 0.0963 e. The van der Waals surface area contributed by atoms with Crippen LogP contribution >= 0.6 is 0 Å². The molecule has 3 heteroatoms. The molecule has 0 amide bonds. The van der Waals surface area contributed by atoms with Gasteiger partial charge in [0.05, 0.1) is 5.84 Å². The van der Waals surface area contributed by atoms with E-state index in [4.69, 9.17) is 0 Å². The molecule has 0 spiro atoms. The molecular weight excluding hydrogens is 162 g/mol. The highest BCUT2D eigenvalue weighted by Crippen LogP contribution is 2.03. The first kappa shape index (κ1) is 10.5. The summed E-state index contributed by atoms with van der Waals surface area (Å²) in [5, 5.41) is 3.40. The van der Waals surface area contributed by atoms with Crippen molar-refractivity contribution in [2.24, 2.45) is 4.99 Å². The van der Waals surface area contributed by atoms with E-state index in [1.165, 1.54) is 18.7 Å². The highest BCUT2D eigenvalue weighted by Gasteiger charge is 2.03. The van der Waals surface area contributed by atoms with Crippen LogP contribution in [0.15, 0.2) is 4.99 Å². The zero-order valence-corrected chi connectivity index (χ0v) is 8.84. The monoisotopic (exact) mass is 183 g/mol. The second kappa shape index (κ2) is 5.97. The highest BCUT2D eigenvalue weighted by atomic mass is 15.1. The van der Waals surface area contributed by atoms with Crippen LogP contribution in [0, 0.1) is 0 Å². The van der Waals surface area contributed by atoms with Crippen LogP contribution in [0.4, 0.5) is 0 Å². The van der Waals surface area contributed by atoms with E-state index in [2.05, 4.69) is 29.2 Å². The Morgan fingerprint density at radius 1 is 1.46 bits per heavy atom. The van der Waals surface area contributed by atoms with E-state index >= 15 is 0 Å². The van der Waals surface area contributed by atoms with Gasteiger partial charge in [0, 0.05) is 26.1 Å². The first-order valence-electron chi connectivity index (χ1n) is 5.28. The van der Waals surface area contributed by atoms with Crippen molar-refractivity contribution >= 4 is 5.84 Å². The van der Waals surface area contributed by atoms with Gasteiger partial charge in [-0.15, -0.1) is 0 Å². The number of aliphatic imine (C=N–C) groups is 1. The maximum atomic E-state index is 4.44. The summed E-state index contributed by atoms with van der Waals surface area (Å²) in [7, 11) is 2.14. The third kappa shape index (κ3) is 4.27. The van der Waals surface area contributed by atoms with Crippen molar-refractivity contribution in [2.75, 3.05) is 33.2 Å². The molecule has 3 nitrogen and oxygen atoms in total. The lowest BCUT2D eigenvalue weighted by Crippen LogP contribution is -2.33. The maximum absolute atomic E-state index is 4.44. The first-order chi connectivity index (χ1) is 6.33. The largest absolute Gasteiger partial charge is 0.373 e. The fraction of sp³-hybridized carbons (Fsp3) is 0.900. The summed E-state index contributed by atoms with van der Waals surface area (Å²) in [5.41, 5.74) is 0. The smallest absolute Gasteiger partial charge is 0.0963 e. The second-order valence-electron chi connectivity index (χ2n) is 3.61. The molecule has 1 aliphatic heterocycles. The second-order valence-corrected chi connectivity index (χ2v) is 3.61. The van der Waals surface area contributed by atoms with E-state index in [0.717, 1.165) is 32.6 Å². The molecule has 1 rings (SSSR count). The Bertz CT molecular complexity index is 166. The predicted octanol–water partition coefficient (Wildman–Crippen LogP) is 1.11. The summed E-state index contributed by atoms with van der Waals surface area (Å²) in [4.78, 5) is 6.74. The lowest BCUT2D eigenvalue weighted by Gasteiger charge is -2.17. The quantitative estimate of drug-likeness (QED) is 0.707. The number of rotatable bonds is 4. The standard InChI is InChI=1S/C10H21N3/c1-3-13(2)9-8-12-10-6-4-5-7-11-10/h3-9H2,1-2H3,(H,11,12). The SMILES string of the molecule is CCN(C)CCNC1=NCCCC1. The third-order valence-electron chi connectivity index (χ3n) is 2.49. The zero-order chi connectivity index (χ0) is 9.52. The Morgan fingerprint density at radius 3 is 2.92 bits per heavy atom. The summed E-state index contributed by atoms with van der Waals surface area (Å²) in [6, 6.07) is 0. The molecular formula is C10H21N3. The highest BCUT2D eigenvalue weighted by molar-refractivity contribution is 5.82. The fourth-order valence-electron chi connectivity index (χ4n) is 1.39. The molecule has 0 aromatic heterocycles. The Labute approximate surface area is 81.2 Å². The molecule has 0 bridgehead atoms. The van der Waals surface area contributed by atoms with E-state index in [1.54, 1.807) is 0 Å². The fourth-order valence-corrected chi connectivity index (χ4v) is 1.39. The van der Waals surface area contributed by atoms with Crippen LogP contribution in [0.1, 0.15) is 26.2 Å². The average molecular weight is 183 g/mol. The van der Waals surface area contributed by atoms with Gasteiger partial charge in [0.2, 0.25) is 0 Å². The van der Waals surface area contributed by atoms with E-state index in [0.29, 0.717) is 0 Å². The van der Waals surface area contributed by atoms with Crippen LogP contribution in [0.25, 0.3) is 0 Å². The Morgan fingerprint density at radius 2 is 2.31 bits per heavy atom. The number of hydrogen-bond acceptors (Lipinski definition) is 3. The number of likely N-dealkylation sites (N-methyl/N-ethyl adjacent to an activating group) is 1. The van der Waals surface area contributed by atoms with Gasteiger partial charge < -0.3 is 10.2 Å². The van der Waals surface area contributed by atoms with Crippen LogP contribution in [0.5, 0.6) is 0 Å². The molecule has 76 valence electrons. The van der Waals surface area contributed by atoms with Gasteiger partial charge in [0.25, 0.3) is 0 Å². The van der Waals surface area contributed by atoms with Crippen molar-refractivity contribution in [3.63, 3.8) is 0 Å². The summed E-state index contributed by atoms with van der Waals surface area (Å²) < 4.78 is 0. The van der Waals surface area contributed by atoms with E-state index < -0.39 is 0 Å². The summed E-state index contributed by atoms with van der Waals surface area (Å²) in [6.45, 7) is 6.46. The number of nitrogens with zero attached hydrogens (tertiary/aromatic N) is 2. The minimum atomic E-state index is 1.02. The summed E-state index contributed by atoms with van der Waals surface area (Å²) >= 11 is 0. The zero-order valence-electron chi connectivity index (χ0n) is 8.84. The van der Waals surface area contributed by atoms with Gasteiger partial charge in [-0.1, -0.05) is 6.92 Å². The minimum absolute atomic E-state index is 1.02. The number of hydrogen-bond donors (Lipinski definition) is 1. The van der Waals surface area contributed by atoms with Gasteiger partial charge in [-0.2, -0.15) is 0 Å². The lowest BCUT2D eigenvalue weighted by atomic mass is 10.2. The van der Waals surface area contributed by atoms with Crippen LogP contribution in [-0.2, 0) is 0 Å². The van der Waals surface area contributed by atoms with E-state index in [9.17, 15) is 0 Å². The van der Waals surface area contributed by atoms with Crippen LogP contribution in [0.3, 0.4) is 0 Å². The molecule has 1 aliphatic rings. The summed E-state index contributed by atoms with van der Waals surface area (Å²) in [5.74, 6) is 1.22. The number of amidine groups is 1. The number of nitrogens with one attached hydrogen (secondary N) is 1. The molecule has 0 aromatic carbocycles. The molecule has 0 fully saturated rings. The van der Waals surface area contributed by atoms with Crippen LogP contribution < -0.4 is 5.32 Å². The lowest BCUT2D eigenvalue weighted by molar-refractivity contribution is 0.357. The molecule has 0 atom stereocenters. The third-order valence-corrected chi connectivity index (χ3v) is 2.49. The van der Waals surface area contributed by atoms with E-state index in [1.807, 2.05) is 0 Å². The van der Waals surface area contributed by atoms with Crippen molar-refractivity contribution in [1.82, 2.24) is 10.2 Å². The normalized spacial score (nSPS) is 17.3. The van der Waals surface area contributed by atoms with Gasteiger partial charge in [0.15, 0.2) is 0 Å². The molecule has 1 heterocycles. The molecule has 13 heavy (non-hydrogen) atoms. The Kier molecular flexibility index (Phi) is 4.83. The van der Waals surface area contributed by atoms with Crippen molar-refractivity contribution in [1.29, 1.82) is 0 Å². The molecule has 0 saturated heterocycles. The van der Waals surface area contributed by atoms with E-state index in [-0.39, 0.29) is 0 Å². The van der Waals surface area contributed by atoms with Gasteiger partial charge in [-0.25, -0.2) is 0 Å². The molecule has 1 N–H and O–H groups in total. The van der Waals surface area contributed by atoms with Crippen LogP contribution in [-0.4, -0.2) is 44.0 Å². The van der Waals surface area contributed by atoms with Gasteiger partial charge in [-0.3, -0.25) is 4.99 Å². The van der Waals surface area contributed by atoms with Crippen LogP contribution in [0.2, 0.25) is 0 Å². The van der Waals surface area contributed by atoms with Crippen molar-refractivity contribution in [2.45, 2.75) is 26.2 Å². The first-order valence-corrected chi connectivity index (χ1v) is 5.28. The Balaban J connectivity index is 2.08. The topological polar surface area (TPSA) is 27.6 Å². The molecule has 0 aromatic rings. The van der Waals surface area contributed by atoms with Gasteiger partial charge in [0.1, 0.15) is 0 Å². The Hall–Kier alpha value is -0.570. The van der Waals surface area contributed by atoms with Crippen molar-refractivity contribution < 1.29 is 0 Å². The van der Waals surface area contributed by atoms with Crippen molar-refractivity contribution in [3.05, 3.63) is 0 Å². The average Bonchev–Trinajstić information content (AvgIpc) is 2.19.